The molecule has 0 N–H and O–H groups in total. The molecule has 0 fully saturated rings. The minimum atomic E-state index is -0.171. The minimum Gasteiger partial charge on any atom is -0.207 e. The Morgan fingerprint density at radius 2 is 0.603 bits per heavy atom. The zero-order valence-electron chi connectivity index (χ0n) is 51.2. The monoisotopic (exact) mass is 985 g/mol. The van der Waals surface area contributed by atoms with Gasteiger partial charge in [0.15, 0.2) is 0 Å². The maximum Gasteiger partial charge on any atom is 0.123 e. The predicted molar refractivity (Wildman–Crippen MR) is 326 cm³/mol. The van der Waals surface area contributed by atoms with Gasteiger partial charge in [0.05, 0.1) is 0 Å². The Bertz CT molecular complexity index is 2620. The zero-order chi connectivity index (χ0) is 56.2. The van der Waals surface area contributed by atoms with Gasteiger partial charge < -0.3 is 0 Å². The Kier molecular flexibility index (Phi) is 26.4. The van der Waals surface area contributed by atoms with E-state index in [-0.39, 0.29) is 27.5 Å². The Balaban J connectivity index is 0.000000429. The Morgan fingerprint density at radius 3 is 0.945 bits per heavy atom. The molecule has 396 valence electrons. The van der Waals surface area contributed by atoms with Crippen molar-refractivity contribution in [2.24, 2.45) is 0 Å². The lowest BCUT2D eigenvalue weighted by atomic mass is 9.80. The lowest BCUT2D eigenvalue weighted by molar-refractivity contribution is 0.567. The molecular weight excluding hydrogens is 884 g/mol. The second-order valence-corrected chi connectivity index (χ2v) is 24.7. The molecule has 0 spiro atoms. The predicted octanol–water partition coefficient (Wildman–Crippen LogP) is 21.5. The van der Waals surface area contributed by atoms with Gasteiger partial charge in [-0.25, -0.2) is 4.39 Å². The summed E-state index contributed by atoms with van der Waals surface area (Å²) in [6, 6.07) is 48.0. The average molecular weight is 986 g/mol. The first kappa shape index (κ1) is 65.5. The molecule has 7 aromatic carbocycles. The van der Waals surface area contributed by atoms with Crippen molar-refractivity contribution in [3.8, 4) is 0 Å². The van der Waals surface area contributed by atoms with Gasteiger partial charge in [0, 0.05) is 0 Å². The van der Waals surface area contributed by atoms with Gasteiger partial charge in [0.25, 0.3) is 0 Å². The number of benzene rings is 7. The molecule has 73 heavy (non-hydrogen) atoms. The summed E-state index contributed by atoms with van der Waals surface area (Å²) in [5.74, 6) is -0.171. The van der Waals surface area contributed by atoms with Crippen molar-refractivity contribution in [2.75, 3.05) is 0 Å². The van der Waals surface area contributed by atoms with E-state index in [2.05, 4.69) is 288 Å². The number of aryl methyl sites for hydroxylation is 12. The van der Waals surface area contributed by atoms with Crippen LogP contribution in [0.15, 0.2) is 140 Å². The lowest BCUT2D eigenvalue weighted by Crippen LogP contribution is -2.16. The second kappa shape index (κ2) is 29.4. The van der Waals surface area contributed by atoms with E-state index < -0.39 is 0 Å². The third-order valence-electron chi connectivity index (χ3n) is 13.3. The van der Waals surface area contributed by atoms with Crippen molar-refractivity contribution < 1.29 is 4.39 Å². The molecule has 0 aliphatic carbocycles. The van der Waals surface area contributed by atoms with E-state index >= 15 is 0 Å². The quantitative estimate of drug-likeness (QED) is 0.142. The molecule has 0 aliphatic heterocycles. The van der Waals surface area contributed by atoms with Crippen molar-refractivity contribution in [1.29, 1.82) is 0 Å². The first-order valence-electron chi connectivity index (χ1n) is 26.5. The fourth-order valence-corrected chi connectivity index (χ4v) is 7.69. The molecular formula is C72H101F. The molecule has 0 bridgehead atoms. The van der Waals surface area contributed by atoms with Crippen LogP contribution in [0.3, 0.4) is 0 Å². The molecule has 0 unspecified atom stereocenters. The van der Waals surface area contributed by atoms with Crippen molar-refractivity contribution in [3.05, 3.63) is 245 Å². The van der Waals surface area contributed by atoms with E-state index in [0.29, 0.717) is 0 Å². The summed E-state index contributed by atoms with van der Waals surface area (Å²) in [4.78, 5) is 0. The molecule has 0 aliphatic rings. The van der Waals surface area contributed by atoms with Gasteiger partial charge in [-0.3, -0.25) is 0 Å². The summed E-state index contributed by atoms with van der Waals surface area (Å²) in [5.41, 5.74) is 25.8. The van der Waals surface area contributed by atoms with Crippen molar-refractivity contribution in [1.82, 2.24) is 0 Å². The molecule has 0 amide bonds. The largest absolute Gasteiger partial charge is 0.207 e. The van der Waals surface area contributed by atoms with Gasteiger partial charge in [-0.1, -0.05) is 238 Å². The minimum absolute atomic E-state index is 0.171. The molecule has 0 aromatic heterocycles. The molecule has 7 rings (SSSR count). The van der Waals surface area contributed by atoms with Gasteiger partial charge in [0.2, 0.25) is 0 Å². The van der Waals surface area contributed by atoms with Gasteiger partial charge in [-0.05, 0) is 203 Å². The third-order valence-corrected chi connectivity index (χ3v) is 13.3. The number of halogens is 1. The summed E-state index contributed by atoms with van der Waals surface area (Å²) in [6.07, 6.45) is 0. The molecule has 1 heteroatoms. The lowest BCUT2D eigenvalue weighted by Gasteiger charge is -2.25. The first-order chi connectivity index (χ1) is 33.4. The zero-order valence-corrected chi connectivity index (χ0v) is 51.2. The fourth-order valence-electron chi connectivity index (χ4n) is 7.69. The Labute approximate surface area is 449 Å². The summed E-state index contributed by atoms with van der Waals surface area (Å²) < 4.78 is 12.1. The molecule has 0 heterocycles. The summed E-state index contributed by atoms with van der Waals surface area (Å²) in [6.45, 7) is 56.9. The molecule has 0 radical (unpaired) electrons. The third kappa shape index (κ3) is 25.3. The van der Waals surface area contributed by atoms with Crippen LogP contribution >= 0.6 is 0 Å². The van der Waals surface area contributed by atoms with Gasteiger partial charge in [0.1, 0.15) is 5.82 Å². The summed E-state index contributed by atoms with van der Waals surface area (Å²) >= 11 is 0. The van der Waals surface area contributed by atoms with E-state index in [4.69, 9.17) is 0 Å². The van der Waals surface area contributed by atoms with Crippen LogP contribution in [0, 0.1) is 103 Å². The SMILES string of the molecule is Cc1cc(C(C)(C)C)cc(C(C)(C)C)c1.Cc1cc(C)c(C)c(C)c1.Cc1ccc(C(C)(C)C)cc1.Cc1ccc(C)c(C)c1.Cc1ccc(F)cc1.Cc1cccc(C)c1C.Cc1ccccc1C(C)(C)C. The second-order valence-electron chi connectivity index (χ2n) is 24.7. The number of rotatable bonds is 0. The van der Waals surface area contributed by atoms with Crippen LogP contribution < -0.4 is 0 Å². The fraction of sp³-hybridized carbons (Fsp3) is 0.417. The molecule has 0 atom stereocenters. The standard InChI is InChI=1S/C15H24.2C11H16.C10H14.2C9H12.C7H7F/c1-11-8-12(14(2,3)4)10-13(9-11)15(5,6)7;1-9-5-7-10(8-6-9)11(2,3)4;1-9-7-5-6-8-10(9)11(2,3)4;1-7-5-8(2)10(4)9(3)6-7;1-7-4-5-8(2)9(3)6-7;1-7-5-4-6-8(2)9(7)3;1-6-2-4-7(8)5-3-6/h8-10H,1-7H3;2*5-8H,1-4H3;5-6H,1-4H3;2*4-6H,1-3H3;2-5H,1H3. The van der Waals surface area contributed by atoms with Crippen LogP contribution in [-0.4, -0.2) is 0 Å². The molecule has 0 nitrogen and oxygen atoms in total. The van der Waals surface area contributed by atoms with Crippen LogP contribution in [0.1, 0.15) is 183 Å². The maximum absolute atomic E-state index is 12.1. The van der Waals surface area contributed by atoms with E-state index in [0.717, 1.165) is 5.56 Å². The molecule has 0 saturated heterocycles. The smallest absolute Gasteiger partial charge is 0.123 e. The van der Waals surface area contributed by atoms with E-state index in [9.17, 15) is 4.39 Å². The summed E-state index contributed by atoms with van der Waals surface area (Å²) in [5, 5.41) is 0. The van der Waals surface area contributed by atoms with E-state index in [1.165, 1.54) is 107 Å². The molecule has 7 aromatic rings. The van der Waals surface area contributed by atoms with E-state index in [1.807, 2.05) is 6.92 Å². The Hall–Kier alpha value is -5.53. The van der Waals surface area contributed by atoms with Crippen LogP contribution in [0.4, 0.5) is 4.39 Å². The van der Waals surface area contributed by atoms with Crippen LogP contribution in [0.5, 0.6) is 0 Å². The van der Waals surface area contributed by atoms with E-state index in [1.54, 1.807) is 12.1 Å². The highest BCUT2D eigenvalue weighted by Crippen LogP contribution is 2.30. The highest BCUT2D eigenvalue weighted by Gasteiger charge is 2.20. The molecule has 0 saturated carbocycles. The number of hydrogen-bond acceptors (Lipinski definition) is 0. The van der Waals surface area contributed by atoms with Crippen molar-refractivity contribution in [3.63, 3.8) is 0 Å². The van der Waals surface area contributed by atoms with Crippen molar-refractivity contribution in [2.45, 2.75) is 202 Å². The Morgan fingerprint density at radius 1 is 0.247 bits per heavy atom. The topological polar surface area (TPSA) is 0 Å². The normalized spacial score (nSPS) is 10.9. The average Bonchev–Trinajstić information content (AvgIpc) is 3.27. The van der Waals surface area contributed by atoms with Gasteiger partial charge in [-0.15, -0.1) is 0 Å². The highest BCUT2D eigenvalue weighted by molar-refractivity contribution is 5.38. The van der Waals surface area contributed by atoms with Crippen molar-refractivity contribution >= 4 is 0 Å². The number of hydrogen-bond donors (Lipinski definition) is 0. The van der Waals surface area contributed by atoms with Gasteiger partial charge in [-0.2, -0.15) is 0 Å². The van der Waals surface area contributed by atoms with Crippen LogP contribution in [-0.2, 0) is 21.7 Å². The first-order valence-corrected chi connectivity index (χ1v) is 26.5. The van der Waals surface area contributed by atoms with Crippen LogP contribution in [0.25, 0.3) is 0 Å². The van der Waals surface area contributed by atoms with Crippen LogP contribution in [0.2, 0.25) is 0 Å². The summed E-state index contributed by atoms with van der Waals surface area (Å²) in [7, 11) is 0. The maximum atomic E-state index is 12.1. The highest BCUT2D eigenvalue weighted by atomic mass is 19.1. The van der Waals surface area contributed by atoms with Gasteiger partial charge >= 0.3 is 0 Å².